The Kier molecular flexibility index (Phi) is 7.31. The van der Waals surface area contributed by atoms with E-state index in [9.17, 15) is 8.42 Å². The molecule has 0 aliphatic heterocycles. The fourth-order valence-electron chi connectivity index (χ4n) is 1.62. The van der Waals surface area contributed by atoms with Gasteiger partial charge in [0.1, 0.15) is 24.2 Å². The van der Waals surface area contributed by atoms with E-state index in [1.807, 2.05) is 13.8 Å². The summed E-state index contributed by atoms with van der Waals surface area (Å²) in [6.45, 7) is 6.28. The van der Waals surface area contributed by atoms with Gasteiger partial charge in [-0.1, -0.05) is 0 Å². The summed E-state index contributed by atoms with van der Waals surface area (Å²) in [7, 11) is -1.77. The highest BCUT2D eigenvalue weighted by Gasteiger charge is 2.16. The standard InChI is InChI=1S/C16H26O6S/c1-13(12-21-23(5,17)18)22-15-8-6-14(7-9-15)20-11-10-16(2,3)19-4/h6-9,13H,10-12H2,1-5H3. The first-order chi connectivity index (χ1) is 10.6. The van der Waals surface area contributed by atoms with Crippen molar-refractivity contribution in [3.05, 3.63) is 24.3 Å². The summed E-state index contributed by atoms with van der Waals surface area (Å²) in [5.74, 6) is 1.36. The number of benzene rings is 1. The minimum atomic E-state index is -3.45. The van der Waals surface area contributed by atoms with Crippen LogP contribution in [0.4, 0.5) is 0 Å². The van der Waals surface area contributed by atoms with Crippen molar-refractivity contribution in [2.75, 3.05) is 26.6 Å². The average molecular weight is 346 g/mol. The molecule has 1 aromatic carbocycles. The van der Waals surface area contributed by atoms with E-state index in [-0.39, 0.29) is 18.3 Å². The highest BCUT2D eigenvalue weighted by atomic mass is 32.2. The molecule has 0 N–H and O–H groups in total. The lowest BCUT2D eigenvalue weighted by atomic mass is 10.1. The van der Waals surface area contributed by atoms with Crippen molar-refractivity contribution in [1.29, 1.82) is 0 Å². The third-order valence-electron chi connectivity index (χ3n) is 3.20. The molecule has 1 aromatic rings. The molecule has 132 valence electrons. The summed E-state index contributed by atoms with van der Waals surface area (Å²) in [5, 5.41) is 0. The summed E-state index contributed by atoms with van der Waals surface area (Å²) >= 11 is 0. The van der Waals surface area contributed by atoms with Gasteiger partial charge in [-0.05, 0) is 45.0 Å². The maximum atomic E-state index is 10.9. The summed E-state index contributed by atoms with van der Waals surface area (Å²) in [6.07, 6.45) is 1.41. The molecular formula is C16H26O6S. The molecule has 6 nitrogen and oxygen atoms in total. The lowest BCUT2D eigenvalue weighted by molar-refractivity contribution is 0.00545. The quantitative estimate of drug-likeness (QED) is 0.607. The second-order valence-corrected chi connectivity index (χ2v) is 7.59. The first kappa shape index (κ1) is 19.7. The average Bonchev–Trinajstić information content (AvgIpc) is 2.46. The van der Waals surface area contributed by atoms with Gasteiger partial charge in [0.2, 0.25) is 0 Å². The van der Waals surface area contributed by atoms with Crippen molar-refractivity contribution < 1.29 is 26.8 Å². The molecule has 0 spiro atoms. The molecule has 0 amide bonds. The van der Waals surface area contributed by atoms with Gasteiger partial charge in [-0.25, -0.2) is 0 Å². The third-order valence-corrected chi connectivity index (χ3v) is 3.77. The summed E-state index contributed by atoms with van der Waals surface area (Å²) < 4.78 is 43.1. The van der Waals surface area contributed by atoms with Crippen molar-refractivity contribution in [2.24, 2.45) is 0 Å². The second kappa shape index (κ2) is 8.52. The summed E-state index contributed by atoms with van der Waals surface area (Å²) in [6, 6.07) is 7.15. The Balaban J connectivity index is 2.41. The maximum Gasteiger partial charge on any atom is 0.264 e. The molecule has 0 aliphatic carbocycles. The van der Waals surface area contributed by atoms with Crippen LogP contribution >= 0.6 is 0 Å². The van der Waals surface area contributed by atoms with Gasteiger partial charge >= 0.3 is 0 Å². The molecular weight excluding hydrogens is 320 g/mol. The fourth-order valence-corrected chi connectivity index (χ4v) is 2.06. The van der Waals surface area contributed by atoms with Crippen LogP contribution in [-0.4, -0.2) is 46.7 Å². The van der Waals surface area contributed by atoms with Crippen molar-refractivity contribution in [1.82, 2.24) is 0 Å². The van der Waals surface area contributed by atoms with Crippen molar-refractivity contribution >= 4 is 10.1 Å². The Morgan fingerprint density at radius 2 is 1.70 bits per heavy atom. The van der Waals surface area contributed by atoms with E-state index in [1.54, 1.807) is 38.3 Å². The van der Waals surface area contributed by atoms with Gasteiger partial charge < -0.3 is 14.2 Å². The van der Waals surface area contributed by atoms with E-state index in [0.29, 0.717) is 12.4 Å². The number of hydrogen-bond donors (Lipinski definition) is 0. The maximum absolute atomic E-state index is 10.9. The largest absolute Gasteiger partial charge is 0.493 e. The summed E-state index contributed by atoms with van der Waals surface area (Å²) in [4.78, 5) is 0. The van der Waals surface area contributed by atoms with Crippen molar-refractivity contribution in [2.45, 2.75) is 38.9 Å². The topological polar surface area (TPSA) is 71.1 Å². The normalized spacial score (nSPS) is 13.6. The van der Waals surface area contributed by atoms with Crippen LogP contribution in [0.2, 0.25) is 0 Å². The first-order valence-corrected chi connectivity index (χ1v) is 9.22. The molecule has 1 unspecified atom stereocenters. The fraction of sp³-hybridized carbons (Fsp3) is 0.625. The molecule has 0 aromatic heterocycles. The zero-order valence-electron chi connectivity index (χ0n) is 14.4. The van der Waals surface area contributed by atoms with E-state index < -0.39 is 10.1 Å². The second-order valence-electron chi connectivity index (χ2n) is 5.95. The molecule has 0 aliphatic rings. The highest BCUT2D eigenvalue weighted by Crippen LogP contribution is 2.20. The molecule has 0 saturated heterocycles. The van der Waals surface area contributed by atoms with Crippen LogP contribution in [0, 0.1) is 0 Å². The summed E-state index contributed by atoms with van der Waals surface area (Å²) in [5.41, 5.74) is -0.210. The molecule has 1 rings (SSSR count). The SMILES string of the molecule is COC(C)(C)CCOc1ccc(OC(C)COS(C)(=O)=O)cc1. The smallest absolute Gasteiger partial charge is 0.264 e. The molecule has 0 bridgehead atoms. The number of hydrogen-bond acceptors (Lipinski definition) is 6. The Bertz CT molecular complexity index is 565. The van der Waals surface area contributed by atoms with Crippen LogP contribution in [0.1, 0.15) is 27.2 Å². The zero-order valence-corrected chi connectivity index (χ0v) is 15.2. The monoisotopic (exact) mass is 346 g/mol. The van der Waals surface area contributed by atoms with E-state index >= 15 is 0 Å². The Morgan fingerprint density at radius 3 is 2.22 bits per heavy atom. The first-order valence-electron chi connectivity index (χ1n) is 7.40. The molecule has 1 atom stereocenters. The van der Waals surface area contributed by atoms with Crippen LogP contribution in [0.15, 0.2) is 24.3 Å². The van der Waals surface area contributed by atoms with Crippen LogP contribution < -0.4 is 9.47 Å². The Hall–Kier alpha value is -1.31. The zero-order chi connectivity index (χ0) is 17.5. The third kappa shape index (κ3) is 8.78. The van der Waals surface area contributed by atoms with Crippen molar-refractivity contribution in [3.63, 3.8) is 0 Å². The number of ether oxygens (including phenoxy) is 3. The van der Waals surface area contributed by atoms with Gasteiger partial charge in [0.25, 0.3) is 10.1 Å². The van der Waals surface area contributed by atoms with Crippen LogP contribution in [0.5, 0.6) is 11.5 Å². The van der Waals surface area contributed by atoms with Crippen LogP contribution in [-0.2, 0) is 19.0 Å². The lowest BCUT2D eigenvalue weighted by Crippen LogP contribution is -2.25. The molecule has 0 heterocycles. The Morgan fingerprint density at radius 1 is 1.13 bits per heavy atom. The van der Waals surface area contributed by atoms with Gasteiger partial charge in [0.15, 0.2) is 0 Å². The van der Waals surface area contributed by atoms with Gasteiger partial charge in [0, 0.05) is 13.5 Å². The van der Waals surface area contributed by atoms with Crippen molar-refractivity contribution in [3.8, 4) is 11.5 Å². The Labute approximate surface area is 138 Å². The highest BCUT2D eigenvalue weighted by molar-refractivity contribution is 7.85. The molecule has 7 heteroatoms. The van der Waals surface area contributed by atoms with Crippen LogP contribution in [0.25, 0.3) is 0 Å². The number of rotatable bonds is 10. The predicted molar refractivity (Wildman–Crippen MR) is 88.5 cm³/mol. The minimum absolute atomic E-state index is 0.0246. The van der Waals surface area contributed by atoms with Gasteiger partial charge in [-0.15, -0.1) is 0 Å². The number of methoxy groups -OCH3 is 1. The van der Waals surface area contributed by atoms with E-state index in [0.717, 1.165) is 18.4 Å². The van der Waals surface area contributed by atoms with Gasteiger partial charge in [-0.3, -0.25) is 4.18 Å². The van der Waals surface area contributed by atoms with Gasteiger partial charge in [0.05, 0.1) is 18.5 Å². The van der Waals surface area contributed by atoms with Crippen LogP contribution in [0.3, 0.4) is 0 Å². The predicted octanol–water partition coefficient (Wildman–Crippen LogP) is 2.62. The lowest BCUT2D eigenvalue weighted by Gasteiger charge is -2.22. The molecule has 23 heavy (non-hydrogen) atoms. The molecule has 0 fully saturated rings. The van der Waals surface area contributed by atoms with Gasteiger partial charge in [-0.2, -0.15) is 8.42 Å². The van der Waals surface area contributed by atoms with E-state index in [2.05, 4.69) is 0 Å². The van der Waals surface area contributed by atoms with E-state index in [4.69, 9.17) is 18.4 Å². The minimum Gasteiger partial charge on any atom is -0.493 e. The molecule has 0 saturated carbocycles. The van der Waals surface area contributed by atoms with E-state index in [1.165, 1.54) is 0 Å². The molecule has 0 radical (unpaired) electrons.